The summed E-state index contributed by atoms with van der Waals surface area (Å²) in [6, 6.07) is 0. The van der Waals surface area contributed by atoms with Gasteiger partial charge in [-0.15, -0.1) is 0 Å². The zero-order valence-electron chi connectivity index (χ0n) is 11.5. The van der Waals surface area contributed by atoms with Crippen LogP contribution in [0.5, 0.6) is 0 Å². The molecule has 2 heterocycles. The van der Waals surface area contributed by atoms with Crippen LogP contribution in [0.1, 0.15) is 12.5 Å². The van der Waals surface area contributed by atoms with Crippen molar-refractivity contribution in [3.63, 3.8) is 0 Å². The van der Waals surface area contributed by atoms with E-state index in [0.717, 1.165) is 11.3 Å². The number of rotatable bonds is 4. The Morgan fingerprint density at radius 1 is 1.55 bits per heavy atom. The van der Waals surface area contributed by atoms with Crippen molar-refractivity contribution >= 4 is 33.2 Å². The van der Waals surface area contributed by atoms with Gasteiger partial charge >= 0.3 is 0 Å². The second kappa shape index (κ2) is 6.15. The molecule has 1 fully saturated rings. The van der Waals surface area contributed by atoms with Crippen molar-refractivity contribution in [2.75, 3.05) is 34.6 Å². The molecule has 20 heavy (non-hydrogen) atoms. The Hall–Kier alpha value is -1.06. The van der Waals surface area contributed by atoms with Crippen molar-refractivity contribution in [3.05, 3.63) is 11.9 Å². The molecule has 0 aromatic carbocycles. The summed E-state index contributed by atoms with van der Waals surface area (Å²) in [5, 5.41) is -0.549. The molecule has 112 valence electrons. The van der Waals surface area contributed by atoms with Gasteiger partial charge in [-0.05, 0) is 6.42 Å². The van der Waals surface area contributed by atoms with Crippen LogP contribution in [0.15, 0.2) is 6.33 Å². The molecule has 2 rings (SSSR count). The van der Waals surface area contributed by atoms with E-state index in [9.17, 15) is 8.42 Å². The normalized spacial score (nSPS) is 19.9. The smallest absolute Gasteiger partial charge is 0.169 e. The van der Waals surface area contributed by atoms with Crippen LogP contribution in [0.3, 0.4) is 0 Å². The highest BCUT2D eigenvalue weighted by Crippen LogP contribution is 2.30. The summed E-state index contributed by atoms with van der Waals surface area (Å²) in [5.74, 6) is 8.10. The zero-order valence-corrected chi connectivity index (χ0v) is 13.2. The van der Waals surface area contributed by atoms with Gasteiger partial charge in [-0.3, -0.25) is 0 Å². The van der Waals surface area contributed by atoms with E-state index < -0.39 is 15.2 Å². The Morgan fingerprint density at radius 3 is 2.90 bits per heavy atom. The van der Waals surface area contributed by atoms with E-state index in [4.69, 9.17) is 5.84 Å². The third-order valence-electron chi connectivity index (χ3n) is 3.26. The van der Waals surface area contributed by atoms with Crippen molar-refractivity contribution in [3.8, 4) is 0 Å². The molecule has 1 aromatic heterocycles. The van der Waals surface area contributed by atoms with Gasteiger partial charge in [-0.1, -0.05) is 6.92 Å². The van der Waals surface area contributed by atoms with E-state index in [1.54, 1.807) is 11.8 Å². The van der Waals surface area contributed by atoms with Gasteiger partial charge in [0.2, 0.25) is 0 Å². The van der Waals surface area contributed by atoms with Gasteiger partial charge < -0.3 is 10.3 Å². The van der Waals surface area contributed by atoms with Crippen LogP contribution < -0.4 is 16.2 Å². The quantitative estimate of drug-likeness (QED) is 0.602. The van der Waals surface area contributed by atoms with Crippen LogP contribution in [0.2, 0.25) is 0 Å². The predicted molar refractivity (Wildman–Crippen MR) is 82.5 cm³/mol. The fraction of sp³-hybridized carbons (Fsp3) is 0.636. The number of hydrazine groups is 1. The molecule has 9 heteroatoms. The highest BCUT2D eigenvalue weighted by atomic mass is 32.2. The molecule has 7 nitrogen and oxygen atoms in total. The maximum absolute atomic E-state index is 12.0. The Morgan fingerprint density at radius 2 is 2.30 bits per heavy atom. The molecule has 0 saturated carbocycles. The largest absolute Gasteiger partial charge is 0.338 e. The Bertz CT molecular complexity index is 578. The zero-order chi connectivity index (χ0) is 14.8. The summed E-state index contributed by atoms with van der Waals surface area (Å²) in [7, 11) is -3.17. The number of thioether (sulfide) groups is 1. The molecule has 1 saturated heterocycles. The lowest BCUT2D eigenvalue weighted by molar-refractivity contribution is 0.583. The molecule has 0 bridgehead atoms. The minimum absolute atomic E-state index is 0.544. The van der Waals surface area contributed by atoms with Gasteiger partial charge in [-0.2, -0.15) is 11.8 Å². The molecule has 1 aromatic rings. The molecule has 1 aliphatic rings. The van der Waals surface area contributed by atoms with Crippen LogP contribution in [0.4, 0.5) is 11.6 Å². The van der Waals surface area contributed by atoms with Gasteiger partial charge in [0.1, 0.15) is 23.3 Å². The van der Waals surface area contributed by atoms with Gasteiger partial charge in [0.15, 0.2) is 9.84 Å². The first-order valence-corrected chi connectivity index (χ1v) is 9.43. The molecule has 3 N–H and O–H groups in total. The van der Waals surface area contributed by atoms with E-state index in [2.05, 4.69) is 15.4 Å². The molecule has 1 aliphatic heterocycles. The fourth-order valence-corrected chi connectivity index (χ4v) is 5.10. The third-order valence-corrected chi connectivity index (χ3v) is 5.91. The van der Waals surface area contributed by atoms with E-state index >= 15 is 0 Å². The number of nitrogens with zero attached hydrogens (tertiary/aromatic N) is 3. The highest BCUT2D eigenvalue weighted by molar-refractivity contribution is 8.01. The first kappa shape index (κ1) is 15.3. The number of hydrogen-bond acceptors (Lipinski definition) is 8. The summed E-state index contributed by atoms with van der Waals surface area (Å²) < 4.78 is 24.0. The number of nitrogens with two attached hydrogens (primary N) is 1. The first-order chi connectivity index (χ1) is 9.49. The summed E-state index contributed by atoms with van der Waals surface area (Å²) in [6.45, 7) is 2.62. The number of anilines is 2. The molecular formula is C11H19N5O2S2. The lowest BCUT2D eigenvalue weighted by Crippen LogP contribution is -2.47. The van der Waals surface area contributed by atoms with E-state index in [1.165, 1.54) is 12.6 Å². The maximum Gasteiger partial charge on any atom is 0.169 e. The van der Waals surface area contributed by atoms with Gasteiger partial charge in [0, 0.05) is 29.9 Å². The van der Waals surface area contributed by atoms with Gasteiger partial charge in [0.05, 0.1) is 0 Å². The monoisotopic (exact) mass is 317 g/mol. The Balaban J connectivity index is 2.48. The SMILES string of the molecule is CCc1c(NN)ncnc1N1CCSCC1S(C)(=O)=O. The van der Waals surface area contributed by atoms with Crippen LogP contribution in [-0.4, -0.2) is 48.1 Å². The number of nitrogens with one attached hydrogen (secondary N) is 1. The van der Waals surface area contributed by atoms with Crippen molar-refractivity contribution in [1.82, 2.24) is 9.97 Å². The second-order valence-electron chi connectivity index (χ2n) is 4.57. The molecular weight excluding hydrogens is 298 g/mol. The molecule has 1 unspecified atom stereocenters. The molecule has 0 radical (unpaired) electrons. The van der Waals surface area contributed by atoms with Crippen LogP contribution in [0.25, 0.3) is 0 Å². The van der Waals surface area contributed by atoms with Crippen molar-refractivity contribution < 1.29 is 8.42 Å². The second-order valence-corrected chi connectivity index (χ2v) is 7.93. The van der Waals surface area contributed by atoms with Crippen molar-refractivity contribution in [2.45, 2.75) is 18.7 Å². The molecule has 0 aliphatic carbocycles. The van der Waals surface area contributed by atoms with Gasteiger partial charge in [0.25, 0.3) is 0 Å². The fourth-order valence-electron chi connectivity index (χ4n) is 2.28. The Labute approximate surface area is 123 Å². The Kier molecular flexibility index (Phi) is 4.71. The van der Waals surface area contributed by atoms with Crippen molar-refractivity contribution in [1.29, 1.82) is 0 Å². The van der Waals surface area contributed by atoms with Crippen LogP contribution >= 0.6 is 11.8 Å². The van der Waals surface area contributed by atoms with Crippen LogP contribution in [-0.2, 0) is 16.3 Å². The minimum atomic E-state index is -3.17. The van der Waals surface area contributed by atoms with Gasteiger partial charge in [-0.25, -0.2) is 24.2 Å². The first-order valence-electron chi connectivity index (χ1n) is 6.32. The minimum Gasteiger partial charge on any atom is -0.338 e. The third kappa shape index (κ3) is 2.99. The molecule has 1 atom stereocenters. The number of hydrogen-bond donors (Lipinski definition) is 2. The lowest BCUT2D eigenvalue weighted by atomic mass is 10.2. The number of sulfone groups is 1. The van der Waals surface area contributed by atoms with Crippen LogP contribution in [0, 0.1) is 0 Å². The van der Waals surface area contributed by atoms with E-state index in [0.29, 0.717) is 30.4 Å². The van der Waals surface area contributed by atoms with Crippen molar-refractivity contribution in [2.24, 2.45) is 5.84 Å². The molecule has 0 spiro atoms. The summed E-state index contributed by atoms with van der Waals surface area (Å²) >= 11 is 1.65. The highest BCUT2D eigenvalue weighted by Gasteiger charge is 2.33. The lowest BCUT2D eigenvalue weighted by Gasteiger charge is -2.36. The maximum atomic E-state index is 12.0. The average molecular weight is 317 g/mol. The summed E-state index contributed by atoms with van der Waals surface area (Å²) in [6.07, 6.45) is 3.35. The summed E-state index contributed by atoms with van der Waals surface area (Å²) in [4.78, 5) is 10.2. The summed E-state index contributed by atoms with van der Waals surface area (Å²) in [5.41, 5.74) is 3.39. The average Bonchev–Trinajstić information content (AvgIpc) is 2.45. The standard InChI is InChI=1S/C11H19N5O2S2/c1-3-8-10(15-12)13-7-14-11(8)16-4-5-19-6-9(16)20(2,17)18/h7,9H,3-6,12H2,1-2H3,(H,13,14,15). The topological polar surface area (TPSA) is 101 Å². The number of aromatic nitrogens is 2. The van der Waals surface area contributed by atoms with E-state index in [-0.39, 0.29) is 0 Å². The van der Waals surface area contributed by atoms with E-state index in [1.807, 2.05) is 11.8 Å². The predicted octanol–water partition coefficient (Wildman–Crippen LogP) is 0.249. The number of nitrogen functional groups attached to an aromatic ring is 1. The molecule has 0 amide bonds.